The topological polar surface area (TPSA) is 90.4 Å². The first-order chi connectivity index (χ1) is 9.79. The summed E-state index contributed by atoms with van der Waals surface area (Å²) < 4.78 is 33.7. The molecule has 8 nitrogen and oxygen atoms in total. The number of morpholine rings is 1. The molecule has 2 atom stereocenters. The van der Waals surface area contributed by atoms with Gasteiger partial charge in [-0.3, -0.25) is 9.69 Å². The molecule has 1 N–H and O–H groups in total. The molecule has 0 aliphatic carbocycles. The van der Waals surface area contributed by atoms with Crippen LogP contribution in [0, 0.1) is 0 Å². The fourth-order valence-electron chi connectivity index (χ4n) is 2.79. The Morgan fingerprint density at radius 2 is 1.62 bits per heavy atom. The van der Waals surface area contributed by atoms with E-state index in [-0.39, 0.29) is 18.8 Å². The molecule has 0 amide bonds. The lowest BCUT2D eigenvalue weighted by Crippen LogP contribution is -2.57. The Labute approximate surface area is 125 Å². The van der Waals surface area contributed by atoms with Gasteiger partial charge in [0.25, 0.3) is 10.2 Å². The third-order valence-corrected chi connectivity index (χ3v) is 5.70. The number of carboxylic acids is 1. The van der Waals surface area contributed by atoms with Gasteiger partial charge >= 0.3 is 5.97 Å². The number of piperazine rings is 1. The van der Waals surface area contributed by atoms with E-state index in [9.17, 15) is 13.2 Å². The largest absolute Gasteiger partial charge is 0.480 e. The lowest BCUT2D eigenvalue weighted by Gasteiger charge is -2.40. The Balaban J connectivity index is 1.96. The van der Waals surface area contributed by atoms with Crippen LogP contribution in [0.3, 0.4) is 0 Å². The summed E-state index contributed by atoms with van der Waals surface area (Å²) in [6, 6.07) is 0. The van der Waals surface area contributed by atoms with Crippen molar-refractivity contribution in [3.63, 3.8) is 0 Å². The summed E-state index contributed by atoms with van der Waals surface area (Å²) in [4.78, 5) is 12.4. The van der Waals surface area contributed by atoms with Crippen LogP contribution in [-0.2, 0) is 19.7 Å². The summed E-state index contributed by atoms with van der Waals surface area (Å²) in [5, 5.41) is 8.76. The van der Waals surface area contributed by atoms with E-state index in [1.807, 2.05) is 13.8 Å². The van der Waals surface area contributed by atoms with Crippen molar-refractivity contribution in [2.24, 2.45) is 0 Å². The molecular weight excluding hydrogens is 298 g/mol. The third-order valence-electron chi connectivity index (χ3n) is 3.73. The number of carboxylic acid groups (broad SMARTS) is 1. The summed E-state index contributed by atoms with van der Waals surface area (Å²) in [5.41, 5.74) is 0. The van der Waals surface area contributed by atoms with E-state index in [1.165, 1.54) is 8.61 Å². The van der Waals surface area contributed by atoms with Crippen molar-refractivity contribution in [2.45, 2.75) is 26.1 Å². The minimum atomic E-state index is -3.49. The average Bonchev–Trinajstić information content (AvgIpc) is 2.37. The van der Waals surface area contributed by atoms with E-state index in [2.05, 4.69) is 0 Å². The van der Waals surface area contributed by atoms with Gasteiger partial charge in [0.05, 0.1) is 18.8 Å². The normalized spacial score (nSPS) is 30.4. The Hall–Kier alpha value is -0.740. The van der Waals surface area contributed by atoms with Crippen LogP contribution >= 0.6 is 0 Å². The van der Waals surface area contributed by atoms with Crippen LogP contribution < -0.4 is 0 Å². The number of nitrogens with zero attached hydrogens (tertiary/aromatic N) is 3. The van der Waals surface area contributed by atoms with E-state index in [1.54, 1.807) is 4.90 Å². The van der Waals surface area contributed by atoms with Crippen molar-refractivity contribution in [1.82, 2.24) is 13.5 Å². The predicted octanol–water partition coefficient (Wildman–Crippen LogP) is -0.957. The molecule has 2 heterocycles. The van der Waals surface area contributed by atoms with Gasteiger partial charge in [0, 0.05) is 39.3 Å². The van der Waals surface area contributed by atoms with Crippen molar-refractivity contribution in [3.8, 4) is 0 Å². The van der Waals surface area contributed by atoms with Gasteiger partial charge in [-0.15, -0.1) is 0 Å². The van der Waals surface area contributed by atoms with Crippen molar-refractivity contribution < 1.29 is 23.1 Å². The van der Waals surface area contributed by atoms with Gasteiger partial charge in [0.15, 0.2) is 0 Å². The van der Waals surface area contributed by atoms with E-state index < -0.39 is 16.2 Å². The monoisotopic (exact) mass is 321 g/mol. The van der Waals surface area contributed by atoms with Gasteiger partial charge in [-0.05, 0) is 13.8 Å². The van der Waals surface area contributed by atoms with Gasteiger partial charge < -0.3 is 9.84 Å². The van der Waals surface area contributed by atoms with Crippen LogP contribution in [0.5, 0.6) is 0 Å². The Morgan fingerprint density at radius 3 is 2.10 bits per heavy atom. The van der Waals surface area contributed by atoms with Gasteiger partial charge in [-0.25, -0.2) is 0 Å². The van der Waals surface area contributed by atoms with Gasteiger partial charge in [0.1, 0.15) is 0 Å². The zero-order chi connectivity index (χ0) is 15.6. The van der Waals surface area contributed by atoms with Crippen LogP contribution in [0.2, 0.25) is 0 Å². The highest BCUT2D eigenvalue weighted by atomic mass is 32.2. The minimum absolute atomic E-state index is 0.0422. The predicted molar refractivity (Wildman–Crippen MR) is 76.2 cm³/mol. The molecular formula is C12H23N3O5S. The number of ether oxygens (including phenoxy) is 1. The van der Waals surface area contributed by atoms with Crippen molar-refractivity contribution >= 4 is 16.2 Å². The molecule has 9 heteroatoms. The lowest BCUT2D eigenvalue weighted by molar-refractivity contribution is -0.138. The molecule has 2 saturated heterocycles. The molecule has 0 spiro atoms. The molecule has 0 saturated carbocycles. The maximum absolute atomic E-state index is 12.6. The molecule has 2 aliphatic rings. The van der Waals surface area contributed by atoms with E-state index in [0.29, 0.717) is 39.3 Å². The van der Waals surface area contributed by atoms with E-state index >= 15 is 0 Å². The molecule has 2 fully saturated rings. The lowest BCUT2D eigenvalue weighted by atomic mass is 10.3. The standard InChI is InChI=1S/C12H23N3O5S/c1-10-7-15(8-11(2)20-10)21(18,19)14-5-3-13(4-6-14)9-12(16)17/h10-11H,3-9H2,1-2H3,(H,16,17)/t10-,11+. The van der Waals surface area contributed by atoms with Crippen molar-refractivity contribution in [3.05, 3.63) is 0 Å². The number of hydrogen-bond acceptors (Lipinski definition) is 5. The Bertz CT molecular complexity index is 465. The fraction of sp³-hybridized carbons (Fsp3) is 0.917. The highest BCUT2D eigenvalue weighted by Gasteiger charge is 2.36. The number of aliphatic carboxylic acids is 1. The molecule has 2 rings (SSSR count). The first-order valence-electron chi connectivity index (χ1n) is 7.14. The number of hydrogen-bond donors (Lipinski definition) is 1. The van der Waals surface area contributed by atoms with Gasteiger partial charge in [0.2, 0.25) is 0 Å². The van der Waals surface area contributed by atoms with Crippen molar-refractivity contribution in [2.75, 3.05) is 45.8 Å². The molecule has 0 aromatic heterocycles. The zero-order valence-corrected chi connectivity index (χ0v) is 13.3. The first kappa shape index (κ1) is 16.6. The van der Waals surface area contributed by atoms with Crippen LogP contribution in [0.25, 0.3) is 0 Å². The molecule has 0 bridgehead atoms. The first-order valence-corrected chi connectivity index (χ1v) is 8.53. The SMILES string of the molecule is C[C@@H]1CN(S(=O)(=O)N2CCN(CC(=O)O)CC2)C[C@H](C)O1. The molecule has 21 heavy (non-hydrogen) atoms. The highest BCUT2D eigenvalue weighted by molar-refractivity contribution is 7.86. The maximum Gasteiger partial charge on any atom is 0.317 e. The Kier molecular flexibility index (Phi) is 5.20. The number of carbonyl (C=O) groups is 1. The van der Waals surface area contributed by atoms with Gasteiger partial charge in [-0.2, -0.15) is 17.0 Å². The average molecular weight is 321 g/mol. The second-order valence-electron chi connectivity index (χ2n) is 5.65. The van der Waals surface area contributed by atoms with Crippen LogP contribution in [0.1, 0.15) is 13.8 Å². The molecule has 0 aromatic rings. The van der Waals surface area contributed by atoms with E-state index in [4.69, 9.17) is 9.84 Å². The Morgan fingerprint density at radius 1 is 1.10 bits per heavy atom. The summed E-state index contributed by atoms with van der Waals surface area (Å²) in [7, 11) is -3.49. The third kappa shape index (κ3) is 4.13. The molecule has 122 valence electrons. The molecule has 0 aromatic carbocycles. The van der Waals surface area contributed by atoms with Crippen molar-refractivity contribution in [1.29, 1.82) is 0 Å². The molecule has 0 unspecified atom stereocenters. The summed E-state index contributed by atoms with van der Waals surface area (Å²) in [6.45, 7) is 5.96. The minimum Gasteiger partial charge on any atom is -0.480 e. The van der Waals surface area contributed by atoms with Gasteiger partial charge in [-0.1, -0.05) is 0 Å². The van der Waals surface area contributed by atoms with Crippen LogP contribution in [-0.4, -0.2) is 91.0 Å². The second-order valence-corrected chi connectivity index (χ2v) is 7.58. The molecule has 0 radical (unpaired) electrons. The summed E-state index contributed by atoms with van der Waals surface area (Å²) in [6.07, 6.45) is -0.228. The fourth-order valence-corrected chi connectivity index (χ4v) is 4.54. The number of rotatable bonds is 4. The maximum atomic E-state index is 12.6. The van der Waals surface area contributed by atoms with E-state index in [0.717, 1.165) is 0 Å². The highest BCUT2D eigenvalue weighted by Crippen LogP contribution is 2.18. The van der Waals surface area contributed by atoms with Crippen LogP contribution in [0.15, 0.2) is 0 Å². The summed E-state index contributed by atoms with van der Waals surface area (Å²) >= 11 is 0. The quantitative estimate of drug-likeness (QED) is 0.717. The van der Waals surface area contributed by atoms with Crippen LogP contribution in [0.4, 0.5) is 0 Å². The second kappa shape index (κ2) is 6.57. The zero-order valence-electron chi connectivity index (χ0n) is 12.4. The smallest absolute Gasteiger partial charge is 0.317 e. The molecule has 2 aliphatic heterocycles. The summed E-state index contributed by atoms with van der Waals surface area (Å²) in [5.74, 6) is -0.887.